The van der Waals surface area contributed by atoms with Gasteiger partial charge in [-0.2, -0.15) is 0 Å². The van der Waals surface area contributed by atoms with Crippen molar-refractivity contribution in [2.24, 2.45) is 5.73 Å². The summed E-state index contributed by atoms with van der Waals surface area (Å²) >= 11 is 0. The Balaban J connectivity index is 2.35. The summed E-state index contributed by atoms with van der Waals surface area (Å²) in [7, 11) is 0. The Hall–Kier alpha value is -2.36. The Bertz CT molecular complexity index is 726. The van der Waals surface area contributed by atoms with Crippen LogP contribution in [-0.2, 0) is 6.42 Å². The van der Waals surface area contributed by atoms with Crippen LogP contribution in [0.4, 0.5) is 0 Å². The van der Waals surface area contributed by atoms with E-state index in [1.807, 2.05) is 18.2 Å². The van der Waals surface area contributed by atoms with Gasteiger partial charge in [-0.15, -0.1) is 0 Å². The summed E-state index contributed by atoms with van der Waals surface area (Å²) in [5, 5.41) is 0.834. The number of benzene rings is 1. The quantitative estimate of drug-likeness (QED) is 0.766. The zero-order chi connectivity index (χ0) is 12.0. The molecule has 0 saturated carbocycles. The van der Waals surface area contributed by atoms with E-state index in [1.54, 1.807) is 6.07 Å². The maximum atomic E-state index is 11.6. The maximum Gasteiger partial charge on any atom is 0.261 e. The van der Waals surface area contributed by atoms with Crippen molar-refractivity contribution in [2.75, 3.05) is 0 Å². The summed E-state index contributed by atoms with van der Waals surface area (Å²) in [6.07, 6.45) is 4.97. The Morgan fingerprint density at radius 1 is 1.29 bits per heavy atom. The van der Waals surface area contributed by atoms with Crippen LogP contribution in [-0.4, -0.2) is 10.9 Å². The van der Waals surface area contributed by atoms with Crippen LogP contribution in [0.2, 0.25) is 0 Å². The summed E-state index contributed by atoms with van der Waals surface area (Å²) in [5.74, 6) is -0.702. The van der Waals surface area contributed by atoms with Gasteiger partial charge in [-0.25, -0.2) is 0 Å². The molecular weight excluding hydrogens is 216 g/mol. The highest BCUT2D eigenvalue weighted by atomic mass is 16.2. The number of allylic oxidation sites excluding steroid dienone is 1. The number of hydrogen-bond donors (Lipinski definition) is 2. The molecule has 1 aromatic heterocycles. The van der Waals surface area contributed by atoms with E-state index in [2.05, 4.69) is 11.1 Å². The molecule has 0 fully saturated rings. The molecule has 4 nitrogen and oxygen atoms in total. The van der Waals surface area contributed by atoms with Gasteiger partial charge >= 0.3 is 0 Å². The number of fused-ring (bicyclic) bond motifs is 2. The number of amides is 1. The first-order valence-corrected chi connectivity index (χ1v) is 5.31. The summed E-state index contributed by atoms with van der Waals surface area (Å²) in [4.78, 5) is 25.4. The molecular formula is C13H10N2O2. The molecule has 0 radical (unpaired) electrons. The summed E-state index contributed by atoms with van der Waals surface area (Å²) in [5.41, 5.74) is 7.74. The van der Waals surface area contributed by atoms with E-state index in [0.29, 0.717) is 0 Å². The normalized spacial score (nSPS) is 12.9. The third-order valence-electron chi connectivity index (χ3n) is 3.00. The number of primary amides is 1. The molecule has 1 aromatic carbocycles. The monoisotopic (exact) mass is 226 g/mol. The average molecular weight is 226 g/mol. The fourth-order valence-electron chi connectivity index (χ4n) is 2.15. The van der Waals surface area contributed by atoms with Gasteiger partial charge in [0.25, 0.3) is 11.5 Å². The van der Waals surface area contributed by atoms with Crippen LogP contribution in [0.25, 0.3) is 17.0 Å². The van der Waals surface area contributed by atoms with Crippen LogP contribution in [0.15, 0.2) is 29.1 Å². The fourth-order valence-corrected chi connectivity index (χ4v) is 2.15. The molecule has 1 aliphatic rings. The van der Waals surface area contributed by atoms with Crippen molar-refractivity contribution in [1.29, 1.82) is 0 Å². The number of hydrogen-bond acceptors (Lipinski definition) is 2. The molecule has 0 unspecified atom stereocenters. The fraction of sp³-hybridized carbons (Fsp3) is 0.0769. The second-order valence-electron chi connectivity index (χ2n) is 4.12. The Labute approximate surface area is 96.8 Å². The standard InChI is InChI=1S/C13H10N2O2/c14-12(16)10-5-9-4-7-2-1-3-8(7)6-11(9)15-13(10)17/h1,3-6H,2H2,(H2,14,16)(H,15,17). The van der Waals surface area contributed by atoms with Gasteiger partial charge in [-0.3, -0.25) is 9.59 Å². The van der Waals surface area contributed by atoms with Crippen LogP contribution in [0.3, 0.4) is 0 Å². The van der Waals surface area contributed by atoms with Crippen LogP contribution in [0.1, 0.15) is 21.5 Å². The second-order valence-corrected chi connectivity index (χ2v) is 4.12. The first-order chi connectivity index (χ1) is 8.15. The average Bonchev–Trinajstić information content (AvgIpc) is 2.71. The number of rotatable bonds is 1. The number of carbonyl (C=O) groups is 1. The van der Waals surface area contributed by atoms with E-state index < -0.39 is 11.5 Å². The molecule has 0 bridgehead atoms. The first kappa shape index (κ1) is 9.84. The van der Waals surface area contributed by atoms with Crippen molar-refractivity contribution >= 4 is 22.9 Å². The minimum Gasteiger partial charge on any atom is -0.365 e. The highest BCUT2D eigenvalue weighted by Crippen LogP contribution is 2.24. The summed E-state index contributed by atoms with van der Waals surface area (Å²) in [6.45, 7) is 0. The molecule has 0 saturated heterocycles. The largest absolute Gasteiger partial charge is 0.365 e. The Kier molecular flexibility index (Phi) is 1.92. The minimum absolute atomic E-state index is 0.00315. The van der Waals surface area contributed by atoms with Crippen molar-refractivity contribution in [1.82, 2.24) is 4.98 Å². The van der Waals surface area contributed by atoms with E-state index in [1.165, 1.54) is 5.56 Å². The van der Waals surface area contributed by atoms with Crippen molar-refractivity contribution < 1.29 is 4.79 Å². The number of carbonyl (C=O) groups excluding carboxylic acids is 1. The van der Waals surface area contributed by atoms with Gasteiger partial charge in [-0.1, -0.05) is 12.2 Å². The van der Waals surface area contributed by atoms with Crippen molar-refractivity contribution in [3.8, 4) is 0 Å². The highest BCUT2D eigenvalue weighted by Gasteiger charge is 2.11. The summed E-state index contributed by atoms with van der Waals surface area (Å²) < 4.78 is 0. The highest BCUT2D eigenvalue weighted by molar-refractivity contribution is 5.96. The van der Waals surface area contributed by atoms with Gasteiger partial charge in [0, 0.05) is 5.52 Å². The van der Waals surface area contributed by atoms with Gasteiger partial charge in [0.05, 0.1) is 0 Å². The second kappa shape index (κ2) is 3.31. The van der Waals surface area contributed by atoms with Crippen LogP contribution in [0, 0.1) is 0 Å². The third-order valence-corrected chi connectivity index (χ3v) is 3.00. The molecule has 1 heterocycles. The number of pyridine rings is 1. The van der Waals surface area contributed by atoms with E-state index >= 15 is 0 Å². The topological polar surface area (TPSA) is 76.0 Å². The molecule has 84 valence electrons. The lowest BCUT2D eigenvalue weighted by Gasteiger charge is -2.04. The first-order valence-electron chi connectivity index (χ1n) is 5.31. The van der Waals surface area contributed by atoms with Crippen molar-refractivity contribution in [3.63, 3.8) is 0 Å². The molecule has 1 aliphatic carbocycles. The van der Waals surface area contributed by atoms with Crippen molar-refractivity contribution in [3.05, 3.63) is 51.3 Å². The maximum absolute atomic E-state index is 11.6. The van der Waals surface area contributed by atoms with E-state index in [-0.39, 0.29) is 5.56 Å². The van der Waals surface area contributed by atoms with Crippen LogP contribution >= 0.6 is 0 Å². The lowest BCUT2D eigenvalue weighted by Crippen LogP contribution is -2.23. The number of aromatic nitrogens is 1. The zero-order valence-corrected chi connectivity index (χ0v) is 8.99. The number of nitrogens with one attached hydrogen (secondary N) is 1. The zero-order valence-electron chi connectivity index (χ0n) is 8.99. The smallest absolute Gasteiger partial charge is 0.261 e. The molecule has 1 amide bonds. The van der Waals surface area contributed by atoms with E-state index in [0.717, 1.165) is 22.9 Å². The van der Waals surface area contributed by atoms with Gasteiger partial charge in [-0.05, 0) is 41.1 Å². The molecule has 0 spiro atoms. The Morgan fingerprint density at radius 3 is 2.88 bits per heavy atom. The van der Waals surface area contributed by atoms with Gasteiger partial charge < -0.3 is 10.7 Å². The van der Waals surface area contributed by atoms with Gasteiger partial charge in [0.2, 0.25) is 0 Å². The molecule has 3 rings (SSSR count). The SMILES string of the molecule is NC(=O)c1cc2cc3c(cc2[nH]c1=O)C=CC3. The lowest BCUT2D eigenvalue weighted by molar-refractivity contribution is 0.0999. The predicted octanol–water partition coefficient (Wildman–Crippen LogP) is 1.20. The molecule has 0 atom stereocenters. The van der Waals surface area contributed by atoms with Crippen LogP contribution in [0.5, 0.6) is 0 Å². The molecule has 0 aliphatic heterocycles. The third kappa shape index (κ3) is 1.45. The predicted molar refractivity (Wildman–Crippen MR) is 65.8 cm³/mol. The Morgan fingerprint density at radius 2 is 2.12 bits per heavy atom. The molecule has 4 heteroatoms. The lowest BCUT2D eigenvalue weighted by atomic mass is 10.0. The van der Waals surface area contributed by atoms with Gasteiger partial charge in [0.1, 0.15) is 5.56 Å². The minimum atomic E-state index is -0.702. The van der Waals surface area contributed by atoms with E-state index in [4.69, 9.17) is 5.73 Å². The van der Waals surface area contributed by atoms with Gasteiger partial charge in [0.15, 0.2) is 0 Å². The molecule has 2 aromatic rings. The van der Waals surface area contributed by atoms with Crippen LogP contribution < -0.4 is 11.3 Å². The number of nitrogens with two attached hydrogens (primary N) is 1. The van der Waals surface area contributed by atoms with E-state index in [9.17, 15) is 9.59 Å². The van der Waals surface area contributed by atoms with Crippen molar-refractivity contribution in [2.45, 2.75) is 6.42 Å². The number of aromatic amines is 1. The molecule has 3 N–H and O–H groups in total. The summed E-state index contributed by atoms with van der Waals surface area (Å²) in [6, 6.07) is 5.45. The number of H-pyrrole nitrogens is 1. The molecule has 17 heavy (non-hydrogen) atoms.